The first-order chi connectivity index (χ1) is 13.7. The summed E-state index contributed by atoms with van der Waals surface area (Å²) in [5.41, 5.74) is 2.54. The van der Waals surface area contributed by atoms with Gasteiger partial charge in [0.1, 0.15) is 5.82 Å². The second-order valence-corrected chi connectivity index (χ2v) is 7.61. The topological polar surface area (TPSA) is 57.5 Å². The van der Waals surface area contributed by atoms with Crippen molar-refractivity contribution in [1.29, 1.82) is 0 Å². The average molecular weight is 383 g/mol. The number of aromatic nitrogens is 2. The molecule has 6 nitrogen and oxygen atoms in total. The minimum absolute atomic E-state index is 0.509. The molecule has 0 atom stereocenters. The third kappa shape index (κ3) is 5.83. The minimum Gasteiger partial charge on any atom is -0.354 e. The van der Waals surface area contributed by atoms with Crippen LogP contribution in [0.15, 0.2) is 41.7 Å². The van der Waals surface area contributed by atoms with Crippen LogP contribution in [0.2, 0.25) is 0 Å². The van der Waals surface area contributed by atoms with E-state index in [2.05, 4.69) is 61.3 Å². The smallest absolute Gasteiger partial charge is 0.191 e. The summed E-state index contributed by atoms with van der Waals surface area (Å²) in [4.78, 5) is 11.3. The van der Waals surface area contributed by atoms with Gasteiger partial charge in [0, 0.05) is 51.7 Å². The van der Waals surface area contributed by atoms with Crippen LogP contribution in [0.25, 0.3) is 0 Å². The Bertz CT molecular complexity index is 758. The van der Waals surface area contributed by atoms with Crippen LogP contribution in [-0.4, -0.2) is 53.1 Å². The molecule has 3 rings (SSSR count). The normalized spacial score (nSPS) is 16.3. The molecule has 1 fully saturated rings. The number of hydrogen-bond donors (Lipinski definition) is 2. The van der Waals surface area contributed by atoms with E-state index in [9.17, 15) is 0 Å². The van der Waals surface area contributed by atoms with Crippen molar-refractivity contribution in [2.24, 2.45) is 4.99 Å². The monoisotopic (exact) mass is 382 g/mol. The van der Waals surface area contributed by atoms with Gasteiger partial charge in [-0.25, -0.2) is 4.98 Å². The van der Waals surface area contributed by atoms with E-state index in [1.807, 2.05) is 26.4 Å². The second kappa shape index (κ2) is 10.3. The summed E-state index contributed by atoms with van der Waals surface area (Å²) in [6.07, 6.45) is 7.47. The Morgan fingerprint density at radius 2 is 2.04 bits per heavy atom. The van der Waals surface area contributed by atoms with Gasteiger partial charge in [0.2, 0.25) is 0 Å². The molecular formula is C22H34N6. The number of guanidine groups is 1. The van der Waals surface area contributed by atoms with Crippen molar-refractivity contribution in [2.75, 3.05) is 26.7 Å². The number of piperidine rings is 1. The van der Waals surface area contributed by atoms with E-state index in [0.29, 0.717) is 6.04 Å². The number of imidazole rings is 1. The lowest BCUT2D eigenvalue weighted by atomic mass is 10.1. The van der Waals surface area contributed by atoms with Gasteiger partial charge in [-0.3, -0.25) is 4.99 Å². The number of rotatable bonds is 7. The van der Waals surface area contributed by atoms with Crippen LogP contribution >= 0.6 is 0 Å². The molecule has 1 aliphatic rings. The van der Waals surface area contributed by atoms with E-state index in [-0.39, 0.29) is 0 Å². The summed E-state index contributed by atoms with van der Waals surface area (Å²) < 4.78 is 2.16. The van der Waals surface area contributed by atoms with Crippen molar-refractivity contribution >= 4 is 5.96 Å². The van der Waals surface area contributed by atoms with E-state index in [0.717, 1.165) is 24.9 Å². The molecule has 0 spiro atoms. The summed E-state index contributed by atoms with van der Waals surface area (Å²) in [6.45, 7) is 9.48. The number of hydrogen-bond acceptors (Lipinski definition) is 3. The van der Waals surface area contributed by atoms with Crippen LogP contribution in [0.3, 0.4) is 0 Å². The highest BCUT2D eigenvalue weighted by atomic mass is 15.2. The van der Waals surface area contributed by atoms with Gasteiger partial charge in [-0.15, -0.1) is 0 Å². The molecule has 1 aromatic carbocycles. The minimum atomic E-state index is 0.509. The van der Waals surface area contributed by atoms with Gasteiger partial charge in [-0.2, -0.15) is 0 Å². The van der Waals surface area contributed by atoms with Crippen molar-refractivity contribution in [2.45, 2.75) is 52.2 Å². The molecule has 0 bridgehead atoms. The summed E-state index contributed by atoms with van der Waals surface area (Å²) in [6, 6.07) is 9.21. The van der Waals surface area contributed by atoms with Crippen molar-refractivity contribution in [3.8, 4) is 0 Å². The lowest BCUT2D eigenvalue weighted by molar-refractivity contribution is 0.206. The summed E-state index contributed by atoms with van der Waals surface area (Å²) in [5.74, 6) is 1.93. The van der Waals surface area contributed by atoms with Gasteiger partial charge >= 0.3 is 0 Å². The highest BCUT2D eigenvalue weighted by Crippen LogP contribution is 2.11. The zero-order valence-corrected chi connectivity index (χ0v) is 17.5. The lowest BCUT2D eigenvalue weighted by Gasteiger charge is -2.32. The summed E-state index contributed by atoms with van der Waals surface area (Å²) in [7, 11) is 1.85. The highest BCUT2D eigenvalue weighted by molar-refractivity contribution is 5.79. The molecule has 0 saturated carbocycles. The van der Waals surface area contributed by atoms with Crippen LogP contribution in [-0.2, 0) is 13.1 Å². The van der Waals surface area contributed by atoms with Gasteiger partial charge in [0.15, 0.2) is 5.96 Å². The van der Waals surface area contributed by atoms with Crippen molar-refractivity contribution in [3.63, 3.8) is 0 Å². The molecule has 28 heavy (non-hydrogen) atoms. The molecule has 2 aromatic rings. The Balaban J connectivity index is 1.49. The van der Waals surface area contributed by atoms with E-state index < -0.39 is 0 Å². The zero-order chi connectivity index (χ0) is 19.8. The van der Waals surface area contributed by atoms with Gasteiger partial charge in [-0.05, 0) is 43.9 Å². The van der Waals surface area contributed by atoms with Crippen LogP contribution < -0.4 is 10.6 Å². The number of aliphatic imine (C=N–C) groups is 1. The molecule has 0 radical (unpaired) electrons. The van der Waals surface area contributed by atoms with E-state index >= 15 is 0 Å². The van der Waals surface area contributed by atoms with Crippen molar-refractivity contribution in [3.05, 3.63) is 53.6 Å². The van der Waals surface area contributed by atoms with E-state index in [4.69, 9.17) is 0 Å². The molecule has 0 amide bonds. The fourth-order valence-electron chi connectivity index (χ4n) is 3.80. The maximum Gasteiger partial charge on any atom is 0.191 e. The van der Waals surface area contributed by atoms with Crippen LogP contribution in [0.4, 0.5) is 0 Å². The predicted octanol–water partition coefficient (Wildman–Crippen LogP) is 2.78. The highest BCUT2D eigenvalue weighted by Gasteiger charge is 2.19. The molecule has 1 aliphatic heterocycles. The molecule has 0 aliphatic carbocycles. The van der Waals surface area contributed by atoms with Crippen molar-refractivity contribution < 1.29 is 0 Å². The first kappa shape index (κ1) is 20.4. The third-order valence-electron chi connectivity index (χ3n) is 5.42. The van der Waals surface area contributed by atoms with Gasteiger partial charge in [0.25, 0.3) is 0 Å². The Morgan fingerprint density at radius 3 is 2.71 bits per heavy atom. The van der Waals surface area contributed by atoms with Gasteiger partial charge < -0.3 is 20.1 Å². The zero-order valence-electron chi connectivity index (χ0n) is 17.5. The first-order valence-corrected chi connectivity index (χ1v) is 10.4. The van der Waals surface area contributed by atoms with Gasteiger partial charge in [0.05, 0.1) is 0 Å². The summed E-state index contributed by atoms with van der Waals surface area (Å²) in [5, 5.41) is 7.07. The molecule has 0 unspecified atom stereocenters. The molecular weight excluding hydrogens is 348 g/mol. The fourth-order valence-corrected chi connectivity index (χ4v) is 3.80. The lowest BCUT2D eigenvalue weighted by Crippen LogP contribution is -2.48. The first-order valence-electron chi connectivity index (χ1n) is 10.4. The number of benzene rings is 1. The quantitative estimate of drug-likeness (QED) is 0.571. The third-order valence-corrected chi connectivity index (χ3v) is 5.42. The Labute approximate surface area is 169 Å². The molecule has 1 aromatic heterocycles. The Morgan fingerprint density at radius 1 is 1.25 bits per heavy atom. The van der Waals surface area contributed by atoms with Crippen LogP contribution in [0, 0.1) is 6.92 Å². The molecule has 1 saturated heterocycles. The van der Waals surface area contributed by atoms with E-state index in [1.54, 1.807) is 0 Å². The van der Waals surface area contributed by atoms with Crippen LogP contribution in [0.5, 0.6) is 0 Å². The fraction of sp³-hybridized carbons (Fsp3) is 0.545. The molecule has 6 heteroatoms. The average Bonchev–Trinajstić information content (AvgIpc) is 3.11. The Kier molecular flexibility index (Phi) is 7.48. The number of nitrogens with zero attached hydrogens (tertiary/aromatic N) is 4. The van der Waals surface area contributed by atoms with E-state index in [1.165, 1.54) is 50.0 Å². The predicted molar refractivity (Wildman–Crippen MR) is 116 cm³/mol. The maximum absolute atomic E-state index is 4.42. The molecule has 2 heterocycles. The molecule has 2 N–H and O–H groups in total. The SMILES string of the molecule is CCCN1CCC(NC(=NC)NCc2cccc(Cn3ccnc3C)c2)CC1. The second-order valence-electron chi connectivity index (χ2n) is 7.61. The number of likely N-dealkylation sites (tertiary alicyclic amines) is 1. The standard InChI is InChI=1S/C22H34N6/c1-4-11-27-12-8-21(9-13-27)26-22(23-3)25-16-19-6-5-7-20(15-19)17-28-14-10-24-18(28)2/h5-7,10,14-15,21H,4,8-9,11-13,16-17H2,1-3H3,(H2,23,25,26). The number of aryl methyl sites for hydroxylation is 1. The van der Waals surface area contributed by atoms with Gasteiger partial charge in [-0.1, -0.05) is 31.2 Å². The largest absolute Gasteiger partial charge is 0.354 e. The Hall–Kier alpha value is -2.34. The number of nitrogens with one attached hydrogen (secondary N) is 2. The maximum atomic E-state index is 4.42. The van der Waals surface area contributed by atoms with Crippen molar-refractivity contribution in [1.82, 2.24) is 25.1 Å². The van der Waals surface area contributed by atoms with Crippen LogP contribution in [0.1, 0.15) is 43.1 Å². The molecule has 152 valence electrons. The summed E-state index contributed by atoms with van der Waals surface area (Å²) >= 11 is 0.